The Hall–Kier alpha value is -0.430. The third-order valence-electron chi connectivity index (χ3n) is 3.10. The van der Waals surface area contributed by atoms with Crippen molar-refractivity contribution in [3.8, 4) is 0 Å². The van der Waals surface area contributed by atoms with Gasteiger partial charge in [-0.15, -0.1) is 0 Å². The summed E-state index contributed by atoms with van der Waals surface area (Å²) in [6, 6.07) is 16.1. The third-order valence-corrected chi connectivity index (χ3v) is 4.98. The summed E-state index contributed by atoms with van der Waals surface area (Å²) in [5.41, 5.74) is 1.53. The fourth-order valence-electron chi connectivity index (χ4n) is 2.04. The number of carbonyl (C=O) groups excluding carboxylic acids is 1. The van der Waals surface area contributed by atoms with Crippen molar-refractivity contribution in [2.75, 3.05) is 0 Å². The van der Waals surface area contributed by atoms with Crippen LogP contribution in [0, 0.1) is 7.14 Å². The van der Waals surface area contributed by atoms with Gasteiger partial charge in [0.15, 0.2) is 0 Å². The maximum Gasteiger partial charge on any atom is 0.134 e. The molecule has 2 rings (SSSR count). The van der Waals surface area contributed by atoms with Crippen LogP contribution >= 0.6 is 45.2 Å². The molecule has 18 heavy (non-hydrogen) atoms. The smallest absolute Gasteiger partial charge is 0.134 e. The van der Waals surface area contributed by atoms with Gasteiger partial charge in [-0.25, -0.2) is 0 Å². The van der Waals surface area contributed by atoms with Crippen LogP contribution in [-0.2, 0) is 10.2 Å². The van der Waals surface area contributed by atoms with Crippen LogP contribution in [0.3, 0.4) is 0 Å². The molecule has 0 bridgehead atoms. The van der Waals surface area contributed by atoms with E-state index in [-0.39, 0.29) is 0 Å². The first-order valence-electron chi connectivity index (χ1n) is 5.56. The van der Waals surface area contributed by atoms with E-state index < -0.39 is 5.41 Å². The molecule has 0 aromatic heterocycles. The summed E-state index contributed by atoms with van der Waals surface area (Å²) in [4.78, 5) is 11.7. The van der Waals surface area contributed by atoms with Gasteiger partial charge in [0.2, 0.25) is 0 Å². The molecule has 2 aromatic carbocycles. The van der Waals surface area contributed by atoms with Crippen molar-refractivity contribution in [1.29, 1.82) is 0 Å². The van der Waals surface area contributed by atoms with E-state index in [4.69, 9.17) is 0 Å². The first-order valence-corrected chi connectivity index (χ1v) is 7.71. The van der Waals surface area contributed by atoms with E-state index in [2.05, 4.69) is 45.2 Å². The summed E-state index contributed by atoms with van der Waals surface area (Å²) in [6.07, 6.45) is 1.04. The highest BCUT2D eigenvalue weighted by atomic mass is 127. The van der Waals surface area contributed by atoms with Crippen molar-refractivity contribution in [2.24, 2.45) is 0 Å². The summed E-state index contributed by atoms with van der Waals surface area (Å²) in [5, 5.41) is 0. The molecule has 0 saturated carbocycles. The molecule has 0 radical (unpaired) electrons. The molecule has 0 N–H and O–H groups in total. The zero-order chi connectivity index (χ0) is 13.2. The lowest BCUT2D eigenvalue weighted by atomic mass is 9.78. The highest BCUT2D eigenvalue weighted by Crippen LogP contribution is 2.35. The van der Waals surface area contributed by atoms with Gasteiger partial charge in [-0.05, 0) is 75.4 Å². The Bertz CT molecular complexity index is 533. The average molecular weight is 462 g/mol. The van der Waals surface area contributed by atoms with Crippen molar-refractivity contribution in [3.63, 3.8) is 0 Å². The van der Waals surface area contributed by atoms with Gasteiger partial charge < -0.3 is 4.79 Å². The van der Waals surface area contributed by atoms with Gasteiger partial charge in [-0.3, -0.25) is 0 Å². The molecule has 0 heterocycles. The molecule has 0 saturated heterocycles. The van der Waals surface area contributed by atoms with Crippen molar-refractivity contribution >= 4 is 51.5 Å². The van der Waals surface area contributed by atoms with E-state index in [0.717, 1.165) is 24.6 Å². The molecule has 3 heteroatoms. The molecule has 0 spiro atoms. The Morgan fingerprint density at radius 2 is 1.28 bits per heavy atom. The van der Waals surface area contributed by atoms with Crippen molar-refractivity contribution in [2.45, 2.75) is 12.3 Å². The van der Waals surface area contributed by atoms with Gasteiger partial charge in [0.25, 0.3) is 0 Å². The summed E-state index contributed by atoms with van der Waals surface area (Å²) >= 11 is 4.57. The number of halogens is 2. The molecule has 0 aliphatic carbocycles. The standard InChI is InChI=1S/C15H12I2O/c1-15(10-18,11-6-2-4-8-13(11)16)12-7-3-5-9-14(12)17/h2-10H,1H3. The predicted octanol–water partition coefficient (Wildman–Crippen LogP) is 4.40. The van der Waals surface area contributed by atoms with E-state index in [9.17, 15) is 4.79 Å². The molecular weight excluding hydrogens is 450 g/mol. The fourth-order valence-corrected chi connectivity index (χ4v) is 3.93. The third kappa shape index (κ3) is 2.47. The van der Waals surface area contributed by atoms with E-state index in [1.165, 1.54) is 0 Å². The first kappa shape index (κ1) is 14.0. The maximum absolute atomic E-state index is 11.7. The monoisotopic (exact) mass is 462 g/mol. The lowest BCUT2D eigenvalue weighted by Gasteiger charge is -2.26. The van der Waals surface area contributed by atoms with Crippen LogP contribution in [0.2, 0.25) is 0 Å². The zero-order valence-electron chi connectivity index (χ0n) is 9.86. The van der Waals surface area contributed by atoms with Crippen molar-refractivity contribution < 1.29 is 4.79 Å². The number of aldehydes is 1. The molecule has 92 valence electrons. The molecule has 0 aliphatic heterocycles. The minimum absolute atomic E-state index is 0.588. The largest absolute Gasteiger partial charge is 0.302 e. The lowest BCUT2D eigenvalue weighted by Crippen LogP contribution is -2.27. The molecule has 2 aromatic rings. The Balaban J connectivity index is 2.67. The second kappa shape index (κ2) is 5.69. The number of hydrogen-bond acceptors (Lipinski definition) is 1. The van der Waals surface area contributed by atoms with Crippen LogP contribution in [-0.4, -0.2) is 6.29 Å². The topological polar surface area (TPSA) is 17.1 Å². The predicted molar refractivity (Wildman–Crippen MR) is 90.8 cm³/mol. The van der Waals surface area contributed by atoms with Crippen LogP contribution in [0.1, 0.15) is 18.1 Å². The van der Waals surface area contributed by atoms with Crippen LogP contribution in [0.4, 0.5) is 0 Å². The zero-order valence-corrected chi connectivity index (χ0v) is 14.2. The minimum atomic E-state index is -0.588. The van der Waals surface area contributed by atoms with E-state index in [1.807, 2.05) is 55.5 Å². The quantitative estimate of drug-likeness (QED) is 0.489. The summed E-state index contributed by atoms with van der Waals surface area (Å²) in [6.45, 7) is 1.98. The number of rotatable bonds is 3. The van der Waals surface area contributed by atoms with Gasteiger partial charge in [-0.2, -0.15) is 0 Å². The number of benzene rings is 2. The summed E-state index contributed by atoms with van der Waals surface area (Å²) in [7, 11) is 0. The first-order chi connectivity index (χ1) is 8.59. The number of hydrogen-bond donors (Lipinski definition) is 0. The van der Waals surface area contributed by atoms with Gasteiger partial charge in [0.05, 0.1) is 5.41 Å². The minimum Gasteiger partial charge on any atom is -0.302 e. The van der Waals surface area contributed by atoms with Crippen LogP contribution in [0.5, 0.6) is 0 Å². The summed E-state index contributed by atoms with van der Waals surface area (Å²) < 4.78 is 2.23. The average Bonchev–Trinajstić information content (AvgIpc) is 2.39. The molecule has 0 fully saturated rings. The van der Waals surface area contributed by atoms with Gasteiger partial charge in [0, 0.05) is 7.14 Å². The fraction of sp³-hybridized carbons (Fsp3) is 0.133. The second-order valence-electron chi connectivity index (χ2n) is 4.28. The van der Waals surface area contributed by atoms with Crippen molar-refractivity contribution in [3.05, 3.63) is 66.8 Å². The SMILES string of the molecule is CC(C=O)(c1ccccc1I)c1ccccc1I. The lowest BCUT2D eigenvalue weighted by molar-refractivity contribution is -0.111. The Kier molecular flexibility index (Phi) is 4.42. The molecular formula is C15H12I2O. The number of carbonyl (C=O) groups is 1. The molecule has 1 nitrogen and oxygen atoms in total. The van der Waals surface area contributed by atoms with Crippen LogP contribution < -0.4 is 0 Å². The van der Waals surface area contributed by atoms with Crippen LogP contribution in [0.25, 0.3) is 0 Å². The maximum atomic E-state index is 11.7. The highest BCUT2D eigenvalue weighted by Gasteiger charge is 2.31. The Morgan fingerprint density at radius 1 is 0.889 bits per heavy atom. The Morgan fingerprint density at radius 3 is 1.61 bits per heavy atom. The van der Waals surface area contributed by atoms with E-state index >= 15 is 0 Å². The molecule has 0 aliphatic rings. The molecule has 0 unspecified atom stereocenters. The Labute approximate surface area is 134 Å². The summed E-state index contributed by atoms with van der Waals surface area (Å²) in [5.74, 6) is 0. The van der Waals surface area contributed by atoms with Gasteiger partial charge in [-0.1, -0.05) is 36.4 Å². The molecule has 0 amide bonds. The highest BCUT2D eigenvalue weighted by molar-refractivity contribution is 14.1. The van der Waals surface area contributed by atoms with Crippen LogP contribution in [0.15, 0.2) is 48.5 Å². The second-order valence-corrected chi connectivity index (χ2v) is 6.60. The van der Waals surface area contributed by atoms with Gasteiger partial charge >= 0.3 is 0 Å². The van der Waals surface area contributed by atoms with Gasteiger partial charge in [0.1, 0.15) is 6.29 Å². The van der Waals surface area contributed by atoms with E-state index in [1.54, 1.807) is 0 Å². The van der Waals surface area contributed by atoms with E-state index in [0.29, 0.717) is 0 Å². The van der Waals surface area contributed by atoms with Crippen molar-refractivity contribution in [1.82, 2.24) is 0 Å². The normalized spacial score (nSPS) is 11.3. The molecule has 0 atom stereocenters.